The van der Waals surface area contributed by atoms with E-state index in [2.05, 4.69) is 17.6 Å². The van der Waals surface area contributed by atoms with Gasteiger partial charge in [-0.1, -0.05) is 6.07 Å². The fourth-order valence-electron chi connectivity index (χ4n) is 0.858. The molecule has 0 radical (unpaired) electrons. The molecule has 0 amide bonds. The second-order valence-corrected chi connectivity index (χ2v) is 2.28. The Hall–Kier alpha value is 0.832. The third-order valence-electron chi connectivity index (χ3n) is 1.42. The van der Waals surface area contributed by atoms with Crippen molar-refractivity contribution in [1.82, 2.24) is 0 Å². The predicted molar refractivity (Wildman–Crippen MR) is 56.1 cm³/mol. The molecule has 0 aliphatic heterocycles. The number of thiocarbonyl (C=S) groups is 1. The van der Waals surface area contributed by atoms with Gasteiger partial charge in [-0.05, 0) is 11.3 Å². The van der Waals surface area contributed by atoms with Gasteiger partial charge in [0.15, 0.2) is 0 Å². The van der Waals surface area contributed by atoms with Gasteiger partial charge in [-0.3, -0.25) is 5.41 Å². The minimum atomic E-state index is 0. The van der Waals surface area contributed by atoms with E-state index < -0.39 is 0 Å². The second-order valence-electron chi connectivity index (χ2n) is 2.08. The summed E-state index contributed by atoms with van der Waals surface area (Å²) in [6.45, 7) is 0. The topological polar surface area (TPSA) is 51.6 Å². The number of hydrogen-bond acceptors (Lipinski definition) is 2. The standard InChI is InChI=1S/C8H7N2S.CH3.Cs/c9-4-7-6(5-11)2-1-3-8(7)10;;/h1-4,9H,10H2;1H3;/q2*-1;+1/p+1. The van der Waals surface area contributed by atoms with Gasteiger partial charge < -0.3 is 13.2 Å². The zero-order valence-electron chi connectivity index (χ0n) is 7.87. The molecule has 0 aliphatic carbocycles. The molecule has 64 valence electrons. The smallest absolute Gasteiger partial charge is 0.408 e. The van der Waals surface area contributed by atoms with Gasteiger partial charge in [-0.25, -0.2) is 0 Å². The number of hydrogen-bond donors (Lipinski definition) is 2. The zero-order valence-corrected chi connectivity index (χ0v) is 15.0. The Balaban J connectivity index is 0. The van der Waals surface area contributed by atoms with Crippen LogP contribution >= 0.6 is 12.2 Å². The van der Waals surface area contributed by atoms with E-state index in [-0.39, 0.29) is 76.3 Å². The summed E-state index contributed by atoms with van der Waals surface area (Å²) in [6.07, 6.45) is 1.43. The van der Waals surface area contributed by atoms with Gasteiger partial charge in [-0.15, -0.1) is 11.4 Å². The van der Waals surface area contributed by atoms with Crippen LogP contribution in [-0.4, -0.2) is 11.6 Å². The number of anilines is 1. The van der Waals surface area contributed by atoms with E-state index in [1.54, 1.807) is 6.07 Å². The normalized spacial score (nSPS) is 7.69. The molecule has 0 aliphatic rings. The maximum absolute atomic E-state index is 5.61. The number of nitrogens with two attached hydrogens (primary N) is 2. The minimum Gasteiger partial charge on any atom is -0.408 e. The Bertz CT molecular complexity index is 300. The van der Waals surface area contributed by atoms with E-state index in [1.807, 2.05) is 12.1 Å². The van der Waals surface area contributed by atoms with Crippen molar-refractivity contribution in [3.05, 3.63) is 36.8 Å². The quantitative estimate of drug-likeness (QED) is 0.267. The van der Waals surface area contributed by atoms with Gasteiger partial charge in [0, 0.05) is 0 Å². The Morgan fingerprint density at radius 3 is 2.46 bits per heavy atom. The van der Waals surface area contributed by atoms with Crippen molar-refractivity contribution in [2.75, 3.05) is 5.73 Å². The Kier molecular flexibility index (Phi) is 10.2. The van der Waals surface area contributed by atoms with E-state index in [0.29, 0.717) is 5.69 Å². The van der Waals surface area contributed by atoms with Crippen molar-refractivity contribution in [2.45, 2.75) is 0 Å². The molecule has 0 aromatic heterocycles. The minimum absolute atomic E-state index is 0. The average molecular weight is 312 g/mol. The van der Waals surface area contributed by atoms with Crippen LogP contribution in [0.15, 0.2) is 18.2 Å². The van der Waals surface area contributed by atoms with Crippen LogP contribution in [-0.2, 0) is 0 Å². The Morgan fingerprint density at radius 1 is 1.46 bits per heavy atom. The Labute approximate surface area is 143 Å². The average Bonchev–Trinajstić information content (AvgIpc) is 2.04. The molecular weight excluding hydrogens is 301 g/mol. The molecule has 2 nitrogen and oxygen atoms in total. The SMILES string of the molecule is Nc1cccc([C-]=S)c1C=[NH2+].[CH3-].[Cs+]. The molecule has 13 heavy (non-hydrogen) atoms. The predicted octanol–water partition coefficient (Wildman–Crippen LogP) is -2.87. The number of rotatable bonds is 2. The van der Waals surface area contributed by atoms with Crippen LogP contribution in [0, 0.1) is 7.43 Å². The summed E-state index contributed by atoms with van der Waals surface area (Å²) in [5.41, 5.74) is 7.76. The molecule has 0 saturated carbocycles. The molecule has 0 unspecified atom stereocenters. The largest absolute Gasteiger partial charge is 1.00 e. The summed E-state index contributed by atoms with van der Waals surface area (Å²) < 4.78 is 0. The van der Waals surface area contributed by atoms with Crippen LogP contribution in [0.2, 0.25) is 0 Å². The molecule has 1 rings (SSSR count). The molecule has 0 spiro atoms. The van der Waals surface area contributed by atoms with Crippen LogP contribution in [0.1, 0.15) is 11.1 Å². The molecule has 1 aromatic carbocycles. The Morgan fingerprint density at radius 2 is 2.08 bits per heavy atom. The maximum atomic E-state index is 5.61. The summed E-state index contributed by atoms with van der Waals surface area (Å²) in [5, 5.41) is 7.92. The summed E-state index contributed by atoms with van der Waals surface area (Å²) in [4.78, 5) is 0. The first-order valence-corrected chi connectivity index (χ1v) is 3.52. The van der Waals surface area contributed by atoms with Crippen LogP contribution in [0.5, 0.6) is 0 Å². The van der Waals surface area contributed by atoms with Crippen LogP contribution in [0.25, 0.3) is 0 Å². The maximum Gasteiger partial charge on any atom is 1.00 e. The molecular formula is C9H11CsN2S. The van der Waals surface area contributed by atoms with Crippen molar-refractivity contribution in [3.8, 4) is 0 Å². The third-order valence-corrected chi connectivity index (χ3v) is 1.64. The molecule has 0 fully saturated rings. The third kappa shape index (κ3) is 4.25. The summed E-state index contributed by atoms with van der Waals surface area (Å²) >= 11 is 4.65. The van der Waals surface area contributed by atoms with E-state index in [4.69, 9.17) is 11.1 Å². The van der Waals surface area contributed by atoms with Crippen molar-refractivity contribution in [3.63, 3.8) is 0 Å². The van der Waals surface area contributed by atoms with Crippen molar-refractivity contribution >= 4 is 29.5 Å². The van der Waals surface area contributed by atoms with Gasteiger partial charge in [0.1, 0.15) is 6.21 Å². The van der Waals surface area contributed by atoms with Crippen molar-refractivity contribution < 1.29 is 74.3 Å². The fourth-order valence-corrected chi connectivity index (χ4v) is 1.04. The molecule has 0 heterocycles. The number of benzene rings is 1. The first-order chi connectivity index (χ1) is 5.29. The van der Waals surface area contributed by atoms with Crippen molar-refractivity contribution in [1.29, 1.82) is 0 Å². The summed E-state index contributed by atoms with van der Waals surface area (Å²) in [6, 6.07) is 5.41. The van der Waals surface area contributed by atoms with Crippen LogP contribution in [0.3, 0.4) is 0 Å². The molecule has 0 saturated heterocycles. The summed E-state index contributed by atoms with van der Waals surface area (Å²) in [5.74, 6) is 0. The van der Waals surface area contributed by atoms with Crippen LogP contribution in [0.4, 0.5) is 5.69 Å². The first-order valence-electron chi connectivity index (χ1n) is 3.11. The van der Waals surface area contributed by atoms with Gasteiger partial charge in [0.25, 0.3) is 0 Å². The molecule has 0 atom stereocenters. The van der Waals surface area contributed by atoms with Gasteiger partial charge >= 0.3 is 68.9 Å². The fraction of sp³-hybridized carbons (Fsp3) is 0. The molecule has 4 N–H and O–H groups in total. The van der Waals surface area contributed by atoms with Gasteiger partial charge in [0.05, 0.1) is 0 Å². The molecule has 0 bridgehead atoms. The van der Waals surface area contributed by atoms with Crippen LogP contribution < -0.4 is 80.0 Å². The first kappa shape index (κ1) is 16.3. The van der Waals surface area contributed by atoms with Crippen molar-refractivity contribution in [2.24, 2.45) is 0 Å². The number of nitrogen functional groups attached to an aromatic ring is 1. The van der Waals surface area contributed by atoms with E-state index in [0.717, 1.165) is 11.1 Å². The van der Waals surface area contributed by atoms with Gasteiger partial charge in [0.2, 0.25) is 0 Å². The monoisotopic (exact) mass is 312 g/mol. The second kappa shape index (κ2) is 8.17. The van der Waals surface area contributed by atoms with E-state index in [9.17, 15) is 0 Å². The zero-order chi connectivity index (χ0) is 8.27. The molecule has 4 heteroatoms. The molecule has 1 aromatic rings. The van der Waals surface area contributed by atoms with Gasteiger partial charge in [-0.2, -0.15) is 23.8 Å². The van der Waals surface area contributed by atoms with E-state index in [1.165, 1.54) is 6.21 Å². The summed E-state index contributed by atoms with van der Waals surface area (Å²) in [7, 11) is 0. The van der Waals surface area contributed by atoms with E-state index >= 15 is 0 Å².